The zero-order chi connectivity index (χ0) is 17.4. The molecule has 132 valence electrons. The molecule has 1 amide bonds. The lowest BCUT2D eigenvalue weighted by molar-refractivity contribution is 0.0662. The maximum atomic E-state index is 13.2. The first-order chi connectivity index (χ1) is 12.1. The summed E-state index contributed by atoms with van der Waals surface area (Å²) in [5.41, 5.74) is 1.73. The van der Waals surface area contributed by atoms with Gasteiger partial charge in [-0.05, 0) is 50.5 Å². The smallest absolute Gasteiger partial charge is 0.257 e. The van der Waals surface area contributed by atoms with Crippen LogP contribution in [0.4, 0.5) is 0 Å². The number of carbonyl (C=O) groups is 1. The minimum absolute atomic E-state index is 0.0546. The third kappa shape index (κ3) is 3.11. The van der Waals surface area contributed by atoms with Gasteiger partial charge in [-0.3, -0.25) is 4.79 Å². The van der Waals surface area contributed by atoms with Crippen molar-refractivity contribution in [1.29, 1.82) is 0 Å². The average molecular weight is 341 g/mol. The molecule has 5 nitrogen and oxygen atoms in total. The number of nitrogens with zero attached hydrogens (tertiary/aromatic N) is 1. The highest BCUT2D eigenvalue weighted by atomic mass is 16.7. The fourth-order valence-electron chi connectivity index (χ4n) is 3.82. The van der Waals surface area contributed by atoms with Gasteiger partial charge in [0.1, 0.15) is 11.5 Å². The van der Waals surface area contributed by atoms with Crippen molar-refractivity contribution in [1.82, 2.24) is 4.90 Å². The molecule has 1 aliphatic heterocycles. The fraction of sp³-hybridized carbons (Fsp3) is 0.450. The van der Waals surface area contributed by atoms with E-state index in [2.05, 4.69) is 0 Å². The van der Waals surface area contributed by atoms with E-state index in [1.807, 2.05) is 43.0 Å². The molecule has 2 aromatic rings. The lowest BCUT2D eigenvalue weighted by Gasteiger charge is -2.29. The second-order valence-corrected chi connectivity index (χ2v) is 6.89. The van der Waals surface area contributed by atoms with E-state index in [1.54, 1.807) is 0 Å². The van der Waals surface area contributed by atoms with Crippen LogP contribution in [0.15, 0.2) is 28.7 Å². The normalized spacial score (nSPS) is 16.4. The number of amides is 1. The second-order valence-electron chi connectivity index (χ2n) is 6.89. The van der Waals surface area contributed by atoms with Crippen LogP contribution >= 0.6 is 0 Å². The highest BCUT2D eigenvalue weighted by Gasteiger charge is 2.30. The van der Waals surface area contributed by atoms with Gasteiger partial charge in [0, 0.05) is 12.6 Å². The average Bonchev–Trinajstić information content (AvgIpc) is 3.32. The van der Waals surface area contributed by atoms with Gasteiger partial charge < -0.3 is 18.8 Å². The Hall–Kier alpha value is -2.43. The van der Waals surface area contributed by atoms with Gasteiger partial charge in [0.05, 0.1) is 5.56 Å². The van der Waals surface area contributed by atoms with Crippen LogP contribution in [-0.4, -0.2) is 23.6 Å². The zero-order valence-corrected chi connectivity index (χ0v) is 14.7. The van der Waals surface area contributed by atoms with Crippen molar-refractivity contribution < 1.29 is 18.7 Å². The van der Waals surface area contributed by atoms with E-state index in [4.69, 9.17) is 13.9 Å². The third-order valence-electron chi connectivity index (χ3n) is 5.09. The van der Waals surface area contributed by atoms with E-state index < -0.39 is 0 Å². The van der Waals surface area contributed by atoms with Crippen LogP contribution in [-0.2, 0) is 6.54 Å². The quantitative estimate of drug-likeness (QED) is 0.836. The lowest BCUT2D eigenvalue weighted by atomic mass is 10.1. The van der Waals surface area contributed by atoms with E-state index in [1.165, 1.54) is 12.8 Å². The molecule has 0 radical (unpaired) electrons. The summed E-state index contributed by atoms with van der Waals surface area (Å²) in [5.74, 6) is 3.04. The molecule has 1 aromatic heterocycles. The Morgan fingerprint density at radius 3 is 2.60 bits per heavy atom. The standard InChI is InChI=1S/C20H23NO4/c1-13-9-17(14(2)25-13)20(22)21(16-5-3-4-6-16)11-15-7-8-18-19(10-15)24-12-23-18/h7-10,16H,3-6,11-12H2,1-2H3. The van der Waals surface area contributed by atoms with Crippen molar-refractivity contribution in [2.45, 2.75) is 52.1 Å². The van der Waals surface area contributed by atoms with Crippen LogP contribution in [0.2, 0.25) is 0 Å². The molecule has 0 spiro atoms. The van der Waals surface area contributed by atoms with E-state index in [0.717, 1.165) is 35.7 Å². The largest absolute Gasteiger partial charge is 0.466 e. The van der Waals surface area contributed by atoms with E-state index in [-0.39, 0.29) is 18.7 Å². The summed E-state index contributed by atoms with van der Waals surface area (Å²) in [4.78, 5) is 15.2. The van der Waals surface area contributed by atoms with Crippen molar-refractivity contribution in [3.05, 3.63) is 46.9 Å². The second kappa shape index (κ2) is 6.47. The van der Waals surface area contributed by atoms with Crippen LogP contribution in [0.1, 0.15) is 53.1 Å². The Morgan fingerprint density at radius 1 is 1.12 bits per heavy atom. The topological polar surface area (TPSA) is 51.9 Å². The summed E-state index contributed by atoms with van der Waals surface area (Å²) < 4.78 is 16.4. The minimum atomic E-state index is 0.0546. The Bertz CT molecular complexity index is 789. The third-order valence-corrected chi connectivity index (χ3v) is 5.09. The number of benzene rings is 1. The fourth-order valence-corrected chi connectivity index (χ4v) is 3.82. The molecule has 1 aromatic carbocycles. The summed E-state index contributed by atoms with van der Waals surface area (Å²) in [7, 11) is 0. The monoisotopic (exact) mass is 341 g/mol. The molecular weight excluding hydrogens is 318 g/mol. The molecule has 2 aliphatic rings. The Morgan fingerprint density at radius 2 is 1.88 bits per heavy atom. The molecule has 5 heteroatoms. The predicted octanol–water partition coefficient (Wildman–Crippen LogP) is 4.21. The Balaban J connectivity index is 1.62. The first-order valence-corrected chi connectivity index (χ1v) is 8.88. The molecule has 0 atom stereocenters. The summed E-state index contributed by atoms with van der Waals surface area (Å²) in [6.45, 7) is 4.57. The van der Waals surface area contributed by atoms with E-state index >= 15 is 0 Å². The number of hydrogen-bond acceptors (Lipinski definition) is 4. The molecule has 0 N–H and O–H groups in total. The summed E-state index contributed by atoms with van der Waals surface area (Å²) >= 11 is 0. The van der Waals surface area contributed by atoms with Crippen molar-refractivity contribution in [3.63, 3.8) is 0 Å². The molecule has 2 heterocycles. The molecule has 1 aliphatic carbocycles. The van der Waals surface area contributed by atoms with Crippen LogP contribution in [0, 0.1) is 13.8 Å². The van der Waals surface area contributed by atoms with Gasteiger partial charge >= 0.3 is 0 Å². The van der Waals surface area contributed by atoms with Crippen molar-refractivity contribution >= 4 is 5.91 Å². The van der Waals surface area contributed by atoms with Gasteiger partial charge in [-0.1, -0.05) is 18.9 Å². The number of aryl methyl sites for hydroxylation is 2. The van der Waals surface area contributed by atoms with Crippen molar-refractivity contribution in [3.8, 4) is 11.5 Å². The van der Waals surface area contributed by atoms with E-state index in [9.17, 15) is 4.79 Å². The molecule has 1 fully saturated rings. The summed E-state index contributed by atoms with van der Waals surface area (Å²) in [6, 6.07) is 8.04. The van der Waals surface area contributed by atoms with Crippen LogP contribution in [0.25, 0.3) is 0 Å². The number of fused-ring (bicyclic) bond motifs is 1. The molecule has 25 heavy (non-hydrogen) atoms. The summed E-state index contributed by atoms with van der Waals surface area (Å²) in [6.07, 6.45) is 4.48. The number of hydrogen-bond donors (Lipinski definition) is 0. The number of carbonyl (C=O) groups excluding carboxylic acids is 1. The SMILES string of the molecule is Cc1cc(C(=O)N(Cc2ccc3c(c2)OCO3)C2CCCC2)c(C)o1. The predicted molar refractivity (Wildman–Crippen MR) is 92.9 cm³/mol. The minimum Gasteiger partial charge on any atom is -0.466 e. The zero-order valence-electron chi connectivity index (χ0n) is 14.7. The van der Waals surface area contributed by atoms with Gasteiger partial charge in [-0.15, -0.1) is 0 Å². The van der Waals surface area contributed by atoms with Crippen molar-refractivity contribution in [2.75, 3.05) is 6.79 Å². The Kier molecular flexibility index (Phi) is 4.15. The van der Waals surface area contributed by atoms with Crippen LogP contribution in [0.5, 0.6) is 11.5 Å². The highest BCUT2D eigenvalue weighted by molar-refractivity contribution is 5.95. The molecule has 0 saturated heterocycles. The lowest BCUT2D eigenvalue weighted by Crippen LogP contribution is -2.38. The Labute approximate surface area is 147 Å². The van der Waals surface area contributed by atoms with E-state index in [0.29, 0.717) is 17.9 Å². The summed E-state index contributed by atoms with van der Waals surface area (Å²) in [5, 5.41) is 0. The first-order valence-electron chi connectivity index (χ1n) is 8.88. The molecular formula is C20H23NO4. The number of ether oxygens (including phenoxy) is 2. The van der Waals surface area contributed by atoms with Gasteiger partial charge in [-0.25, -0.2) is 0 Å². The molecule has 1 saturated carbocycles. The number of rotatable bonds is 4. The van der Waals surface area contributed by atoms with Gasteiger partial charge in [-0.2, -0.15) is 0 Å². The van der Waals surface area contributed by atoms with Crippen LogP contribution < -0.4 is 9.47 Å². The molecule has 0 bridgehead atoms. The maximum Gasteiger partial charge on any atom is 0.257 e. The maximum absolute atomic E-state index is 13.2. The number of furan rings is 1. The van der Waals surface area contributed by atoms with Gasteiger partial charge in [0.2, 0.25) is 6.79 Å². The van der Waals surface area contributed by atoms with Gasteiger partial charge in [0.25, 0.3) is 5.91 Å². The highest BCUT2D eigenvalue weighted by Crippen LogP contribution is 2.34. The van der Waals surface area contributed by atoms with Crippen LogP contribution in [0.3, 0.4) is 0 Å². The molecule has 4 rings (SSSR count). The van der Waals surface area contributed by atoms with Crippen molar-refractivity contribution in [2.24, 2.45) is 0 Å². The first kappa shape index (κ1) is 16.1. The molecule has 0 unspecified atom stereocenters. The van der Waals surface area contributed by atoms with Gasteiger partial charge in [0.15, 0.2) is 11.5 Å².